The fourth-order valence-corrected chi connectivity index (χ4v) is 2.29. The number of halogens is 1. The second kappa shape index (κ2) is 7.50. The lowest BCUT2D eigenvalue weighted by Gasteiger charge is -2.22. The Hall–Kier alpha value is -2.26. The highest BCUT2D eigenvalue weighted by Crippen LogP contribution is 2.17. The molecule has 0 saturated heterocycles. The zero-order valence-corrected chi connectivity index (χ0v) is 12.8. The monoisotopic (exact) mass is 344 g/mol. The van der Waals surface area contributed by atoms with Crippen molar-refractivity contribution in [2.45, 2.75) is 13.0 Å². The summed E-state index contributed by atoms with van der Waals surface area (Å²) < 4.78 is 0.503. The molecule has 0 aromatic carbocycles. The first-order valence-corrected chi connectivity index (χ1v) is 7.17. The Labute approximate surface area is 131 Å². The van der Waals surface area contributed by atoms with E-state index in [-0.39, 0.29) is 12.3 Å². The van der Waals surface area contributed by atoms with E-state index < -0.39 is 0 Å². The maximum absolute atomic E-state index is 12.6. The molecule has 2 aromatic rings. The van der Waals surface area contributed by atoms with Crippen LogP contribution in [0.2, 0.25) is 0 Å². The van der Waals surface area contributed by atoms with Gasteiger partial charge in [-0.25, -0.2) is 4.98 Å². The molecule has 5 nitrogen and oxygen atoms in total. The summed E-state index contributed by atoms with van der Waals surface area (Å²) >= 11 is 3.28. The first-order chi connectivity index (χ1) is 10.2. The molecule has 6 heteroatoms. The molecular weight excluding hydrogens is 332 g/mol. The normalized spacial score (nSPS) is 9.90. The molecule has 0 atom stereocenters. The Balaban J connectivity index is 2.21. The number of pyridine rings is 2. The number of carbonyl (C=O) groups is 1. The summed E-state index contributed by atoms with van der Waals surface area (Å²) in [5, 5.41) is 8.77. The summed E-state index contributed by atoms with van der Waals surface area (Å²) in [5.41, 5.74) is 1.41. The predicted octanol–water partition coefficient (Wildman–Crippen LogP) is 2.80. The maximum Gasteiger partial charge on any atom is 0.256 e. The number of aromatic nitrogens is 2. The number of carbonyl (C=O) groups excluding carboxylic acids is 1. The van der Waals surface area contributed by atoms with E-state index in [0.29, 0.717) is 23.3 Å². The van der Waals surface area contributed by atoms with Crippen LogP contribution in [0.3, 0.4) is 0 Å². The van der Waals surface area contributed by atoms with Crippen LogP contribution in [-0.2, 0) is 6.54 Å². The highest BCUT2D eigenvalue weighted by molar-refractivity contribution is 9.10. The lowest BCUT2D eigenvalue weighted by molar-refractivity contribution is 0.0745. The predicted molar refractivity (Wildman–Crippen MR) is 81.1 cm³/mol. The Morgan fingerprint density at radius 1 is 1.33 bits per heavy atom. The van der Waals surface area contributed by atoms with Crippen LogP contribution in [0, 0.1) is 11.3 Å². The third-order valence-corrected chi connectivity index (χ3v) is 3.50. The smallest absolute Gasteiger partial charge is 0.256 e. The van der Waals surface area contributed by atoms with Crippen LogP contribution in [0.25, 0.3) is 0 Å². The highest BCUT2D eigenvalue weighted by Gasteiger charge is 2.18. The van der Waals surface area contributed by atoms with Crippen molar-refractivity contribution in [3.63, 3.8) is 0 Å². The summed E-state index contributed by atoms with van der Waals surface area (Å²) in [5.74, 6) is -0.158. The molecule has 2 aromatic heterocycles. The van der Waals surface area contributed by atoms with Gasteiger partial charge in [-0.3, -0.25) is 9.78 Å². The number of rotatable bonds is 5. The van der Waals surface area contributed by atoms with Crippen molar-refractivity contribution in [1.29, 1.82) is 5.26 Å². The summed E-state index contributed by atoms with van der Waals surface area (Å²) in [6.45, 7) is 0.779. The third kappa shape index (κ3) is 4.10. The molecule has 1 amide bonds. The molecule has 2 heterocycles. The maximum atomic E-state index is 12.6. The fraction of sp³-hybridized carbons (Fsp3) is 0.200. The lowest BCUT2D eigenvalue weighted by Crippen LogP contribution is -2.31. The minimum absolute atomic E-state index is 0.158. The second-order valence-corrected chi connectivity index (χ2v) is 5.09. The Bertz CT molecular complexity index is 654. The molecule has 0 aliphatic carbocycles. The van der Waals surface area contributed by atoms with E-state index >= 15 is 0 Å². The molecule has 0 radical (unpaired) electrons. The average molecular weight is 345 g/mol. The number of hydrogen-bond acceptors (Lipinski definition) is 4. The zero-order chi connectivity index (χ0) is 15.1. The minimum Gasteiger partial charge on any atom is -0.333 e. The van der Waals surface area contributed by atoms with Gasteiger partial charge in [0.1, 0.15) is 4.60 Å². The van der Waals surface area contributed by atoms with E-state index in [1.807, 2.05) is 12.1 Å². The second-order valence-electron chi connectivity index (χ2n) is 4.34. The van der Waals surface area contributed by atoms with E-state index in [1.54, 1.807) is 35.6 Å². The van der Waals surface area contributed by atoms with Crippen molar-refractivity contribution in [3.8, 4) is 6.07 Å². The number of amides is 1. The van der Waals surface area contributed by atoms with Crippen LogP contribution in [-0.4, -0.2) is 27.3 Å². The zero-order valence-electron chi connectivity index (χ0n) is 11.2. The first-order valence-electron chi connectivity index (χ1n) is 6.38. The number of nitriles is 1. The van der Waals surface area contributed by atoms with Crippen molar-refractivity contribution in [1.82, 2.24) is 14.9 Å². The number of hydrogen-bond donors (Lipinski definition) is 0. The van der Waals surface area contributed by atoms with Crippen LogP contribution < -0.4 is 0 Å². The van der Waals surface area contributed by atoms with Gasteiger partial charge in [0, 0.05) is 31.7 Å². The Kier molecular flexibility index (Phi) is 5.41. The quantitative estimate of drug-likeness (QED) is 0.782. The van der Waals surface area contributed by atoms with Crippen molar-refractivity contribution in [3.05, 3.63) is 58.6 Å². The van der Waals surface area contributed by atoms with E-state index in [1.165, 1.54) is 0 Å². The van der Waals surface area contributed by atoms with Gasteiger partial charge in [-0.2, -0.15) is 5.26 Å². The number of nitrogens with zero attached hydrogens (tertiary/aromatic N) is 4. The van der Waals surface area contributed by atoms with Gasteiger partial charge in [0.05, 0.1) is 18.1 Å². The van der Waals surface area contributed by atoms with Gasteiger partial charge in [0.15, 0.2) is 0 Å². The molecule has 0 bridgehead atoms. The summed E-state index contributed by atoms with van der Waals surface area (Å²) in [6, 6.07) is 9.21. The van der Waals surface area contributed by atoms with Crippen LogP contribution in [0.5, 0.6) is 0 Å². The van der Waals surface area contributed by atoms with E-state index in [9.17, 15) is 4.79 Å². The molecule has 2 rings (SSSR count). The molecule has 0 aliphatic heterocycles. The molecule has 0 fully saturated rings. The van der Waals surface area contributed by atoms with Gasteiger partial charge >= 0.3 is 0 Å². The van der Waals surface area contributed by atoms with Gasteiger partial charge in [0.2, 0.25) is 0 Å². The lowest BCUT2D eigenvalue weighted by atomic mass is 10.2. The highest BCUT2D eigenvalue weighted by atomic mass is 79.9. The van der Waals surface area contributed by atoms with E-state index in [4.69, 9.17) is 5.26 Å². The standard InChI is InChI=1S/C15H13BrN4O/c16-14-13(5-2-8-19-14)15(21)20(9-3-6-17)11-12-4-1-7-18-10-12/h1-2,4-5,7-8,10H,3,9,11H2. The summed E-state index contributed by atoms with van der Waals surface area (Å²) in [7, 11) is 0. The van der Waals surface area contributed by atoms with Crippen LogP contribution in [0.4, 0.5) is 0 Å². The van der Waals surface area contributed by atoms with Crippen molar-refractivity contribution in [2.75, 3.05) is 6.54 Å². The molecule has 0 saturated carbocycles. The molecule has 106 valence electrons. The van der Waals surface area contributed by atoms with E-state index in [2.05, 4.69) is 32.0 Å². The summed E-state index contributed by atoms with van der Waals surface area (Å²) in [4.78, 5) is 22.3. The average Bonchev–Trinajstić information content (AvgIpc) is 2.52. The summed E-state index contributed by atoms with van der Waals surface area (Å²) in [6.07, 6.45) is 5.29. The molecule has 0 aliphatic rings. The first kappa shape index (κ1) is 15.1. The van der Waals surface area contributed by atoms with Crippen molar-refractivity contribution in [2.24, 2.45) is 0 Å². The Morgan fingerprint density at radius 2 is 2.14 bits per heavy atom. The van der Waals surface area contributed by atoms with Gasteiger partial charge in [-0.15, -0.1) is 0 Å². The van der Waals surface area contributed by atoms with Crippen molar-refractivity contribution >= 4 is 21.8 Å². The topological polar surface area (TPSA) is 69.9 Å². The van der Waals surface area contributed by atoms with Crippen molar-refractivity contribution < 1.29 is 4.79 Å². The molecule has 0 N–H and O–H groups in total. The van der Waals surface area contributed by atoms with Gasteiger partial charge in [0.25, 0.3) is 5.91 Å². The SMILES string of the molecule is N#CCCN(Cc1cccnc1)C(=O)c1cccnc1Br. The largest absolute Gasteiger partial charge is 0.333 e. The molecule has 0 spiro atoms. The molecular formula is C15H13BrN4O. The van der Waals surface area contributed by atoms with Crippen LogP contribution in [0.15, 0.2) is 47.5 Å². The van der Waals surface area contributed by atoms with E-state index in [0.717, 1.165) is 5.56 Å². The fourth-order valence-electron chi connectivity index (χ4n) is 1.87. The molecule has 0 unspecified atom stereocenters. The molecule has 21 heavy (non-hydrogen) atoms. The van der Waals surface area contributed by atoms with Crippen LogP contribution in [0.1, 0.15) is 22.3 Å². The van der Waals surface area contributed by atoms with Gasteiger partial charge in [-0.05, 0) is 39.7 Å². The van der Waals surface area contributed by atoms with Gasteiger partial charge in [-0.1, -0.05) is 6.07 Å². The minimum atomic E-state index is -0.158. The van der Waals surface area contributed by atoms with Gasteiger partial charge < -0.3 is 4.90 Å². The third-order valence-electron chi connectivity index (χ3n) is 2.87. The Morgan fingerprint density at radius 3 is 2.81 bits per heavy atom. The van der Waals surface area contributed by atoms with Crippen LogP contribution >= 0.6 is 15.9 Å².